The molecule has 1 radical (unpaired) electrons. The molecule has 0 aliphatic rings. The van der Waals surface area contributed by atoms with E-state index in [2.05, 4.69) is 0 Å². The van der Waals surface area contributed by atoms with Gasteiger partial charge in [0.2, 0.25) is 0 Å². The summed E-state index contributed by atoms with van der Waals surface area (Å²) in [5.74, 6) is 0. The summed E-state index contributed by atoms with van der Waals surface area (Å²) in [6.45, 7) is 0. The first kappa shape index (κ1) is 25.1. The van der Waals surface area contributed by atoms with E-state index < -0.39 is 38.9 Å². The first-order valence-corrected chi connectivity index (χ1v) is 7.63. The van der Waals surface area contributed by atoms with Crippen molar-refractivity contribution >= 4 is 0 Å². The summed E-state index contributed by atoms with van der Waals surface area (Å²) in [6, 6.07) is 0. The van der Waals surface area contributed by atoms with Gasteiger partial charge in [-0.25, -0.2) is 0 Å². The predicted molar refractivity (Wildman–Crippen MR) is 6.18 cm³/mol. The summed E-state index contributed by atoms with van der Waals surface area (Å²) < 4.78 is 103. The standard InChI is InChI=1S/Fe.3Mn.12O/q+3;;;;;;;;;;;;;3*-1. The Hall–Kier alpha value is 0.158. The zero-order valence-corrected chi connectivity index (χ0v) is 11.0. The Morgan fingerprint density at radius 2 is 0.438 bits per heavy atom. The molecule has 0 amide bonds. The SMILES string of the molecule is [Fe+3].[O]=[Mn](=[O])(=[O])[O-].[O]=[Mn](=[O])(=[O])[O-].[O]=[Mn](=[O])(=[O])[O-]. The van der Waals surface area contributed by atoms with Gasteiger partial charge in [0, 0.05) is 0 Å². The summed E-state index contributed by atoms with van der Waals surface area (Å²) >= 11 is -16.9. The average Bonchev–Trinajstić information content (AvgIpc) is 1.41. The third-order valence-corrected chi connectivity index (χ3v) is 0. The Labute approximate surface area is 103 Å². The second-order valence-corrected chi connectivity index (χ2v) is 4.68. The molecule has 0 heterocycles. The van der Waals surface area contributed by atoms with Crippen LogP contribution in [0.5, 0.6) is 0 Å². The molecule has 16 heavy (non-hydrogen) atoms. The molecule has 0 aromatic carbocycles. The van der Waals surface area contributed by atoms with Crippen molar-refractivity contribution < 1.29 is 103 Å². The molecule has 16 heteroatoms. The van der Waals surface area contributed by atoms with E-state index in [1.807, 2.05) is 0 Å². The van der Waals surface area contributed by atoms with Gasteiger partial charge in [-0.15, -0.1) is 0 Å². The summed E-state index contributed by atoms with van der Waals surface area (Å²) in [4.78, 5) is 0. The molecule has 0 aromatic heterocycles. The van der Waals surface area contributed by atoms with Gasteiger partial charge in [0.15, 0.2) is 0 Å². The van der Waals surface area contributed by atoms with Crippen molar-refractivity contribution in [2.75, 3.05) is 0 Å². The summed E-state index contributed by atoms with van der Waals surface area (Å²) in [5, 5.41) is 0. The number of hydrogen-bond acceptors (Lipinski definition) is 12. The Bertz CT molecular complexity index is 480. The van der Waals surface area contributed by atoms with Gasteiger partial charge in [0.25, 0.3) is 0 Å². The summed E-state index contributed by atoms with van der Waals surface area (Å²) in [7, 11) is 0. The molecular formula is FeMn3O12. The van der Waals surface area contributed by atoms with Crippen molar-refractivity contribution in [3.63, 3.8) is 0 Å². The fourth-order valence-corrected chi connectivity index (χ4v) is 0. The molecule has 101 valence electrons. The van der Waals surface area contributed by atoms with Crippen molar-refractivity contribution in [3.8, 4) is 0 Å². The Morgan fingerprint density at radius 3 is 0.438 bits per heavy atom. The Balaban J connectivity index is -0.0000000655. The Morgan fingerprint density at radius 1 is 0.438 bits per heavy atom. The second-order valence-electron chi connectivity index (χ2n) is 1.13. The molecule has 0 bridgehead atoms. The molecular weight excluding hydrogens is 413 g/mol. The summed E-state index contributed by atoms with van der Waals surface area (Å²) in [6.07, 6.45) is 0. The van der Waals surface area contributed by atoms with Gasteiger partial charge in [-0.2, -0.15) is 0 Å². The van der Waals surface area contributed by atoms with Gasteiger partial charge < -0.3 is 0 Å². The van der Waals surface area contributed by atoms with Gasteiger partial charge in [-0.3, -0.25) is 0 Å². The van der Waals surface area contributed by atoms with E-state index in [9.17, 15) is 0 Å². The molecule has 12 nitrogen and oxygen atoms in total. The topological polar surface area (TPSA) is 223 Å². The molecule has 0 saturated heterocycles. The van der Waals surface area contributed by atoms with Crippen molar-refractivity contribution in [2.45, 2.75) is 0 Å². The van der Waals surface area contributed by atoms with Crippen LogP contribution in [0.4, 0.5) is 0 Å². The van der Waals surface area contributed by atoms with E-state index in [4.69, 9.17) is 47.1 Å². The van der Waals surface area contributed by atoms with E-state index in [-0.39, 0.29) is 17.1 Å². The van der Waals surface area contributed by atoms with Gasteiger partial charge in [-0.1, -0.05) is 0 Å². The number of hydrogen-bond donors (Lipinski definition) is 0. The van der Waals surface area contributed by atoms with Crippen LogP contribution in [0.25, 0.3) is 0 Å². The first-order chi connectivity index (χ1) is 6.00. The molecule has 0 unspecified atom stereocenters. The zero-order chi connectivity index (χ0) is 13.5. The third-order valence-electron chi connectivity index (χ3n) is 0. The predicted octanol–water partition coefficient (Wildman–Crippen LogP) is -4.65. The second kappa shape index (κ2) is 9.22. The van der Waals surface area contributed by atoms with Crippen LogP contribution in [0.2, 0.25) is 0 Å². The van der Waals surface area contributed by atoms with Crippen LogP contribution in [0.3, 0.4) is 0 Å². The average molecular weight is 413 g/mol. The summed E-state index contributed by atoms with van der Waals surface area (Å²) in [5.41, 5.74) is 0. The van der Waals surface area contributed by atoms with Crippen molar-refractivity contribution in [1.82, 2.24) is 0 Å². The zero-order valence-electron chi connectivity index (χ0n) is 6.39. The van der Waals surface area contributed by atoms with Crippen LogP contribution >= 0.6 is 0 Å². The fourth-order valence-electron chi connectivity index (χ4n) is 0. The number of rotatable bonds is 0. The van der Waals surface area contributed by atoms with Gasteiger partial charge in [0.05, 0.1) is 0 Å². The Kier molecular flexibility index (Phi) is 14.5. The molecule has 0 aliphatic heterocycles. The van der Waals surface area contributed by atoms with Crippen LogP contribution in [-0.4, -0.2) is 0 Å². The molecule has 0 atom stereocenters. The van der Waals surface area contributed by atoms with Gasteiger partial charge >= 0.3 is 103 Å². The van der Waals surface area contributed by atoms with Gasteiger partial charge in [0.1, 0.15) is 0 Å². The minimum atomic E-state index is -5.62. The molecule has 0 rings (SSSR count). The van der Waals surface area contributed by atoms with Crippen molar-refractivity contribution in [2.24, 2.45) is 0 Å². The van der Waals surface area contributed by atoms with Crippen LogP contribution in [0, 0.1) is 0 Å². The minimum absolute atomic E-state index is 0. The van der Waals surface area contributed by atoms with Gasteiger partial charge in [-0.05, 0) is 0 Å². The van der Waals surface area contributed by atoms with Crippen LogP contribution in [0.1, 0.15) is 0 Å². The van der Waals surface area contributed by atoms with Crippen LogP contribution in [-0.2, 0) is 90.5 Å². The van der Waals surface area contributed by atoms with Crippen molar-refractivity contribution in [1.29, 1.82) is 0 Å². The van der Waals surface area contributed by atoms with E-state index in [0.29, 0.717) is 0 Å². The molecule has 0 spiro atoms. The molecule has 0 saturated carbocycles. The maximum atomic E-state index is 8.58. The maximum absolute atomic E-state index is 8.58. The molecule has 0 aromatic rings. The third kappa shape index (κ3) is 98300. The van der Waals surface area contributed by atoms with E-state index in [1.54, 1.807) is 0 Å². The molecule has 0 N–H and O–H groups in total. The van der Waals surface area contributed by atoms with E-state index in [1.165, 1.54) is 0 Å². The fraction of sp³-hybridized carbons (Fsp3) is 0. The van der Waals surface area contributed by atoms with Crippen LogP contribution in [0.15, 0.2) is 0 Å². The monoisotopic (exact) mass is 413 g/mol. The first-order valence-electron chi connectivity index (χ1n) is 1.85. The molecule has 0 fully saturated rings. The van der Waals surface area contributed by atoms with Crippen LogP contribution < -0.4 is 12.6 Å². The molecule has 0 aliphatic carbocycles. The van der Waals surface area contributed by atoms with E-state index >= 15 is 0 Å². The van der Waals surface area contributed by atoms with Crippen molar-refractivity contribution in [3.05, 3.63) is 0 Å². The quantitative estimate of drug-likeness (QED) is 0.342. The normalized spacial score (nSPS) is 10.7. The van der Waals surface area contributed by atoms with E-state index in [0.717, 1.165) is 0 Å².